The third-order valence-corrected chi connectivity index (χ3v) is 4.52. The van der Waals surface area contributed by atoms with Crippen molar-refractivity contribution < 1.29 is 19.1 Å². The van der Waals surface area contributed by atoms with Crippen LogP contribution in [0.2, 0.25) is 0 Å². The highest BCUT2D eigenvalue weighted by molar-refractivity contribution is 6.37. The number of nitrogens with zero attached hydrogens (tertiary/aromatic N) is 3. The number of ketones is 1. The topological polar surface area (TPSA) is 155 Å². The third kappa shape index (κ3) is 4.19. The van der Waals surface area contributed by atoms with Gasteiger partial charge in [-0.3, -0.25) is 23.5 Å². The number of nitrogens with one attached hydrogen (secondary N) is 1. The second kappa shape index (κ2) is 8.55. The molecule has 1 aliphatic rings. The predicted octanol–water partition coefficient (Wildman–Crippen LogP) is -0.831. The minimum Gasteiger partial charge on any atom is -0.453 e. The van der Waals surface area contributed by atoms with Gasteiger partial charge in [-0.2, -0.15) is 5.10 Å². The van der Waals surface area contributed by atoms with E-state index in [1.807, 2.05) is 6.07 Å². The zero-order valence-electron chi connectivity index (χ0n) is 16.1. The van der Waals surface area contributed by atoms with Crippen molar-refractivity contribution in [3.8, 4) is 0 Å². The monoisotopic (exact) mass is 413 g/mol. The van der Waals surface area contributed by atoms with E-state index in [4.69, 9.17) is 10.5 Å². The van der Waals surface area contributed by atoms with Crippen molar-refractivity contribution in [1.82, 2.24) is 14.6 Å². The molecule has 0 saturated heterocycles. The molecule has 156 valence electrons. The van der Waals surface area contributed by atoms with Crippen molar-refractivity contribution >= 4 is 29.2 Å². The summed E-state index contributed by atoms with van der Waals surface area (Å²) >= 11 is 0. The molecule has 0 unspecified atom stereocenters. The van der Waals surface area contributed by atoms with Crippen LogP contribution in [0.15, 0.2) is 45.0 Å². The van der Waals surface area contributed by atoms with Crippen molar-refractivity contribution in [3.05, 3.63) is 62.3 Å². The number of esters is 1. The molecule has 11 nitrogen and oxygen atoms in total. The first-order chi connectivity index (χ1) is 14.3. The van der Waals surface area contributed by atoms with Gasteiger partial charge in [0.05, 0.1) is 6.54 Å². The van der Waals surface area contributed by atoms with E-state index in [0.717, 1.165) is 14.7 Å². The van der Waals surface area contributed by atoms with Crippen molar-refractivity contribution in [2.75, 3.05) is 12.3 Å². The normalized spacial score (nSPS) is 13.4. The van der Waals surface area contributed by atoms with Gasteiger partial charge in [-0.1, -0.05) is 30.3 Å². The summed E-state index contributed by atoms with van der Waals surface area (Å²) in [5, 5.41) is 3.58. The molecule has 11 heteroatoms. The van der Waals surface area contributed by atoms with Crippen molar-refractivity contribution in [2.45, 2.75) is 19.4 Å². The van der Waals surface area contributed by atoms with E-state index in [0.29, 0.717) is 0 Å². The summed E-state index contributed by atoms with van der Waals surface area (Å²) in [6, 6.07) is 8.90. The van der Waals surface area contributed by atoms with Gasteiger partial charge in [-0.05, 0) is 5.56 Å². The Morgan fingerprint density at radius 2 is 1.87 bits per heavy atom. The van der Waals surface area contributed by atoms with Gasteiger partial charge < -0.3 is 10.5 Å². The molecule has 0 spiro atoms. The van der Waals surface area contributed by atoms with Crippen LogP contribution < -0.4 is 22.4 Å². The number of Topliss-reactive ketones (excluding diaryl/α,β-unsaturated/α-hetero) is 1. The van der Waals surface area contributed by atoms with E-state index >= 15 is 0 Å². The van der Waals surface area contributed by atoms with Crippen molar-refractivity contribution in [1.29, 1.82) is 0 Å². The highest BCUT2D eigenvalue weighted by Gasteiger charge is 2.25. The number of amides is 1. The van der Waals surface area contributed by atoms with Crippen molar-refractivity contribution in [2.24, 2.45) is 12.1 Å². The second-order valence-electron chi connectivity index (χ2n) is 6.57. The Morgan fingerprint density at radius 3 is 2.50 bits per heavy atom. The van der Waals surface area contributed by atoms with Gasteiger partial charge in [0.2, 0.25) is 11.7 Å². The number of hydrogen-bond acceptors (Lipinski definition) is 8. The summed E-state index contributed by atoms with van der Waals surface area (Å²) in [5.41, 5.74) is 6.82. The summed E-state index contributed by atoms with van der Waals surface area (Å²) in [4.78, 5) is 60.7. The van der Waals surface area contributed by atoms with Crippen LogP contribution in [0.25, 0.3) is 0 Å². The number of hydrazone groups is 1. The highest BCUT2D eigenvalue weighted by atomic mass is 16.5. The minimum atomic E-state index is -0.892. The molecule has 0 atom stereocenters. The van der Waals surface area contributed by atoms with Gasteiger partial charge in [-0.15, -0.1) is 0 Å². The number of benzene rings is 1. The summed E-state index contributed by atoms with van der Waals surface area (Å²) in [6.07, 6.45) is 0.143. The predicted molar refractivity (Wildman–Crippen MR) is 106 cm³/mol. The van der Waals surface area contributed by atoms with Crippen LogP contribution in [-0.4, -0.2) is 39.1 Å². The fourth-order valence-corrected chi connectivity index (χ4v) is 2.87. The maximum Gasteiger partial charge on any atom is 0.354 e. The summed E-state index contributed by atoms with van der Waals surface area (Å²) < 4.78 is 6.79. The molecular formula is C19H19N5O6. The zero-order chi connectivity index (χ0) is 21.8. The molecular weight excluding hydrogens is 394 g/mol. The van der Waals surface area contributed by atoms with Gasteiger partial charge in [0, 0.05) is 19.9 Å². The molecule has 0 radical (unpaired) electrons. The van der Waals surface area contributed by atoms with Crippen LogP contribution in [0.1, 0.15) is 28.8 Å². The van der Waals surface area contributed by atoms with Gasteiger partial charge in [0.25, 0.3) is 5.56 Å². The van der Waals surface area contributed by atoms with Gasteiger partial charge >= 0.3 is 11.7 Å². The smallest absolute Gasteiger partial charge is 0.354 e. The number of hydrogen-bond donors (Lipinski definition) is 2. The Bertz CT molecular complexity index is 1160. The third-order valence-electron chi connectivity index (χ3n) is 4.52. The number of anilines is 1. The molecule has 30 heavy (non-hydrogen) atoms. The quantitative estimate of drug-likeness (QED) is 0.462. The fourth-order valence-electron chi connectivity index (χ4n) is 2.87. The molecule has 0 bridgehead atoms. The Balaban J connectivity index is 1.85. The van der Waals surface area contributed by atoms with Crippen LogP contribution in [-0.2, 0) is 27.9 Å². The number of aromatic nitrogens is 2. The molecule has 1 aliphatic heterocycles. The molecule has 0 saturated carbocycles. The number of nitrogen functional groups attached to an aromatic ring is 1. The lowest BCUT2D eigenvalue weighted by atomic mass is 10.1. The van der Waals surface area contributed by atoms with Crippen LogP contribution >= 0.6 is 0 Å². The molecule has 0 fully saturated rings. The number of nitrogens with two attached hydrogens (primary N) is 1. The number of carbonyl (C=O) groups is 3. The van der Waals surface area contributed by atoms with E-state index < -0.39 is 35.2 Å². The Hall–Kier alpha value is -4.02. The van der Waals surface area contributed by atoms with Gasteiger partial charge in [0.1, 0.15) is 17.1 Å². The first kappa shape index (κ1) is 20.7. The van der Waals surface area contributed by atoms with E-state index in [-0.39, 0.29) is 36.8 Å². The second-order valence-corrected chi connectivity index (χ2v) is 6.57. The Labute approximate surface area is 169 Å². The van der Waals surface area contributed by atoms with E-state index in [2.05, 4.69) is 10.5 Å². The van der Waals surface area contributed by atoms with Gasteiger partial charge in [-0.25, -0.2) is 15.0 Å². The highest BCUT2D eigenvalue weighted by Crippen LogP contribution is 2.10. The molecule has 3 N–H and O–H groups in total. The summed E-state index contributed by atoms with van der Waals surface area (Å²) in [7, 11) is 1.23. The lowest BCUT2D eigenvalue weighted by Crippen LogP contribution is -2.43. The van der Waals surface area contributed by atoms with Crippen LogP contribution in [0, 0.1) is 0 Å². The lowest BCUT2D eigenvalue weighted by molar-refractivity contribution is -0.134. The van der Waals surface area contributed by atoms with E-state index in [1.165, 1.54) is 7.05 Å². The Kier molecular flexibility index (Phi) is 5.90. The van der Waals surface area contributed by atoms with Crippen molar-refractivity contribution in [3.63, 3.8) is 0 Å². The SMILES string of the molecule is Cn1c(=O)c(C(=O)COC(=O)C2=NNC(=O)CC2)c(N)n(Cc2ccccc2)c1=O. The summed E-state index contributed by atoms with van der Waals surface area (Å²) in [5.74, 6) is -2.39. The maximum atomic E-state index is 12.6. The molecule has 1 amide bonds. The molecule has 1 aromatic heterocycles. The number of rotatable bonds is 6. The number of ether oxygens (including phenoxy) is 1. The van der Waals surface area contributed by atoms with Crippen LogP contribution in [0.3, 0.4) is 0 Å². The number of carbonyl (C=O) groups excluding carboxylic acids is 3. The van der Waals surface area contributed by atoms with Crippen LogP contribution in [0.5, 0.6) is 0 Å². The first-order valence-electron chi connectivity index (χ1n) is 8.98. The Morgan fingerprint density at radius 1 is 1.17 bits per heavy atom. The first-order valence-corrected chi connectivity index (χ1v) is 8.98. The summed E-state index contributed by atoms with van der Waals surface area (Å²) in [6.45, 7) is -0.717. The molecule has 0 aliphatic carbocycles. The largest absolute Gasteiger partial charge is 0.453 e. The van der Waals surface area contributed by atoms with E-state index in [9.17, 15) is 24.0 Å². The lowest BCUT2D eigenvalue weighted by Gasteiger charge is -2.15. The average Bonchev–Trinajstić information content (AvgIpc) is 2.75. The van der Waals surface area contributed by atoms with Gasteiger partial charge in [0.15, 0.2) is 6.61 Å². The zero-order valence-corrected chi connectivity index (χ0v) is 16.1. The molecule has 2 heterocycles. The minimum absolute atomic E-state index is 0.0441. The average molecular weight is 413 g/mol. The standard InChI is InChI=1S/C19H19N5O6/c1-23-17(27)15(13(25)10-30-18(28)12-7-8-14(26)22-21-12)16(20)24(19(23)29)9-11-5-3-2-4-6-11/h2-6H,7-10,20H2,1H3,(H,22,26). The molecule has 1 aromatic carbocycles. The molecule has 2 aromatic rings. The van der Waals surface area contributed by atoms with Crippen LogP contribution in [0.4, 0.5) is 5.82 Å². The maximum absolute atomic E-state index is 12.6. The van der Waals surface area contributed by atoms with E-state index in [1.54, 1.807) is 24.3 Å². The molecule has 3 rings (SSSR count). The fraction of sp³-hybridized carbons (Fsp3) is 0.263.